The van der Waals surface area contributed by atoms with Crippen LogP contribution < -0.4 is 5.32 Å². The Morgan fingerprint density at radius 1 is 0.968 bits per heavy atom. The highest BCUT2D eigenvalue weighted by Gasteiger charge is 2.24. The Balaban J connectivity index is 1.54. The van der Waals surface area contributed by atoms with E-state index in [0.29, 0.717) is 12.1 Å². The highest BCUT2D eigenvalue weighted by Crippen LogP contribution is 2.31. The molecule has 1 aliphatic rings. The molecule has 6 heteroatoms. The van der Waals surface area contributed by atoms with E-state index in [-0.39, 0.29) is 0 Å². The lowest BCUT2D eigenvalue weighted by Gasteiger charge is -2.33. The molecular formula is C25H32N6. The van der Waals surface area contributed by atoms with Crippen molar-refractivity contribution in [3.8, 4) is 0 Å². The van der Waals surface area contributed by atoms with Crippen molar-refractivity contribution < 1.29 is 0 Å². The third kappa shape index (κ3) is 3.69. The summed E-state index contributed by atoms with van der Waals surface area (Å²) in [5.41, 5.74) is 6.97. The van der Waals surface area contributed by atoms with E-state index in [4.69, 9.17) is 0 Å². The molecule has 0 bridgehead atoms. The summed E-state index contributed by atoms with van der Waals surface area (Å²) in [6.45, 7) is 5.08. The van der Waals surface area contributed by atoms with Gasteiger partial charge in [-0.3, -0.25) is 4.40 Å². The molecule has 3 heterocycles. The average Bonchev–Trinajstić information content (AvgIpc) is 3.30. The molecule has 0 saturated heterocycles. The number of aromatic nitrogens is 4. The van der Waals surface area contributed by atoms with Gasteiger partial charge in [-0.2, -0.15) is 0 Å². The normalized spacial score (nSPS) is 19.5. The molecule has 1 aromatic carbocycles. The summed E-state index contributed by atoms with van der Waals surface area (Å²) in [5, 5.41) is 12.8. The number of nitrogens with zero attached hydrogens (tertiary/aromatic N) is 5. The molecule has 1 saturated carbocycles. The summed E-state index contributed by atoms with van der Waals surface area (Å²) in [7, 11) is 4.39. The third-order valence-electron chi connectivity index (χ3n) is 6.88. The van der Waals surface area contributed by atoms with Crippen molar-refractivity contribution in [3.63, 3.8) is 0 Å². The van der Waals surface area contributed by atoms with E-state index in [1.807, 2.05) is 6.92 Å². The van der Waals surface area contributed by atoms with Crippen LogP contribution in [0.5, 0.6) is 0 Å². The number of aryl methyl sites for hydroxylation is 2. The fraction of sp³-hybridized carbons (Fsp3) is 0.440. The van der Waals surface area contributed by atoms with Gasteiger partial charge in [0.15, 0.2) is 5.65 Å². The van der Waals surface area contributed by atoms with Crippen LogP contribution in [0.25, 0.3) is 16.7 Å². The van der Waals surface area contributed by atoms with Gasteiger partial charge in [-0.1, -0.05) is 30.3 Å². The monoisotopic (exact) mass is 416 g/mol. The molecule has 0 amide bonds. The maximum absolute atomic E-state index is 4.53. The first-order chi connectivity index (χ1) is 15.0. The van der Waals surface area contributed by atoms with Crippen LogP contribution in [0.2, 0.25) is 0 Å². The first-order valence-electron chi connectivity index (χ1n) is 11.3. The fourth-order valence-electron chi connectivity index (χ4n) is 5.07. The van der Waals surface area contributed by atoms with E-state index >= 15 is 0 Å². The molecule has 0 atom stereocenters. The minimum atomic E-state index is 0.480. The number of anilines is 1. The lowest BCUT2D eigenvalue weighted by atomic mass is 9.90. The molecule has 1 fully saturated rings. The molecule has 5 rings (SSSR count). The van der Waals surface area contributed by atoms with Crippen molar-refractivity contribution in [2.45, 2.75) is 58.2 Å². The summed E-state index contributed by atoms with van der Waals surface area (Å²) in [4.78, 5) is 2.36. The van der Waals surface area contributed by atoms with E-state index < -0.39 is 0 Å². The molecular weight excluding hydrogens is 384 g/mol. The van der Waals surface area contributed by atoms with Crippen molar-refractivity contribution >= 4 is 22.4 Å². The zero-order chi connectivity index (χ0) is 21.5. The second kappa shape index (κ2) is 8.00. The average molecular weight is 417 g/mol. The maximum atomic E-state index is 4.53. The van der Waals surface area contributed by atoms with E-state index in [2.05, 4.69) is 92.9 Å². The van der Waals surface area contributed by atoms with Crippen molar-refractivity contribution in [1.82, 2.24) is 24.1 Å². The second-order valence-electron chi connectivity index (χ2n) is 9.21. The van der Waals surface area contributed by atoms with Crippen molar-refractivity contribution in [3.05, 3.63) is 59.5 Å². The van der Waals surface area contributed by atoms with Gasteiger partial charge in [-0.15, -0.1) is 10.2 Å². The summed E-state index contributed by atoms with van der Waals surface area (Å²) < 4.78 is 4.61. The van der Waals surface area contributed by atoms with E-state index in [0.717, 1.165) is 23.7 Å². The number of pyridine rings is 1. The van der Waals surface area contributed by atoms with Crippen LogP contribution in [-0.4, -0.2) is 50.2 Å². The number of benzene rings is 1. The van der Waals surface area contributed by atoms with Crippen LogP contribution in [0.3, 0.4) is 0 Å². The summed E-state index contributed by atoms with van der Waals surface area (Å²) >= 11 is 0. The van der Waals surface area contributed by atoms with Gasteiger partial charge in [0.05, 0.1) is 16.7 Å². The zero-order valence-corrected chi connectivity index (χ0v) is 19.0. The number of rotatable bonds is 5. The minimum absolute atomic E-state index is 0.480. The molecule has 0 spiro atoms. The van der Waals surface area contributed by atoms with Crippen molar-refractivity contribution in [2.75, 3.05) is 19.4 Å². The highest BCUT2D eigenvalue weighted by atomic mass is 15.3. The number of hydrogen-bond donors (Lipinski definition) is 1. The predicted octanol–water partition coefficient (Wildman–Crippen LogP) is 4.63. The Bertz CT molecular complexity index is 1200. The molecule has 1 aliphatic carbocycles. The second-order valence-corrected chi connectivity index (χ2v) is 9.21. The molecule has 3 aromatic heterocycles. The number of hydrogen-bond acceptors (Lipinski definition) is 4. The number of nitrogens with one attached hydrogen (secondary N) is 1. The fourth-order valence-corrected chi connectivity index (χ4v) is 5.07. The van der Waals surface area contributed by atoms with Gasteiger partial charge in [0.2, 0.25) is 0 Å². The Labute approximate surface area is 183 Å². The standard InChI is InChI=1S/C25H32N6/c1-17-14-24-23(30(17)16-19-8-6-5-7-9-19)15-22(25-28-27-18(2)31(24)25)26-20-10-12-21(13-11-20)29(3)4/h5-9,14-15,20-21,26H,10-13,16H2,1-4H3/t20-,21+. The van der Waals surface area contributed by atoms with Gasteiger partial charge >= 0.3 is 0 Å². The molecule has 1 N–H and O–H groups in total. The van der Waals surface area contributed by atoms with E-state index in [1.54, 1.807) is 0 Å². The largest absolute Gasteiger partial charge is 0.379 e. The first-order valence-corrected chi connectivity index (χ1v) is 11.3. The third-order valence-corrected chi connectivity index (χ3v) is 6.88. The van der Waals surface area contributed by atoms with Crippen molar-refractivity contribution in [1.29, 1.82) is 0 Å². The smallest absolute Gasteiger partial charge is 0.184 e. The molecule has 162 valence electrons. The van der Waals surface area contributed by atoms with Gasteiger partial charge in [-0.05, 0) is 71.3 Å². The Morgan fingerprint density at radius 3 is 2.42 bits per heavy atom. The van der Waals surface area contributed by atoms with E-state index in [1.165, 1.54) is 48.0 Å². The quantitative estimate of drug-likeness (QED) is 0.515. The topological polar surface area (TPSA) is 50.4 Å². The zero-order valence-electron chi connectivity index (χ0n) is 19.0. The minimum Gasteiger partial charge on any atom is -0.379 e. The van der Waals surface area contributed by atoms with Gasteiger partial charge in [0.25, 0.3) is 0 Å². The predicted molar refractivity (Wildman–Crippen MR) is 127 cm³/mol. The van der Waals surface area contributed by atoms with Gasteiger partial charge in [0, 0.05) is 24.3 Å². The summed E-state index contributed by atoms with van der Waals surface area (Å²) in [6, 6.07) is 16.4. The molecule has 6 nitrogen and oxygen atoms in total. The van der Waals surface area contributed by atoms with Crippen LogP contribution in [0.1, 0.15) is 42.8 Å². The van der Waals surface area contributed by atoms with Gasteiger partial charge < -0.3 is 14.8 Å². The van der Waals surface area contributed by atoms with Crippen molar-refractivity contribution in [2.24, 2.45) is 0 Å². The van der Waals surface area contributed by atoms with Crippen LogP contribution in [0.15, 0.2) is 42.5 Å². The highest BCUT2D eigenvalue weighted by molar-refractivity contribution is 5.88. The van der Waals surface area contributed by atoms with Crippen LogP contribution in [0.4, 0.5) is 5.69 Å². The number of fused-ring (bicyclic) bond motifs is 3. The lowest BCUT2D eigenvalue weighted by Crippen LogP contribution is -2.36. The molecule has 0 aliphatic heterocycles. The SMILES string of the molecule is Cc1cc2c(cc(N[C@H]3CC[C@@H](N(C)C)CC3)c3nnc(C)n32)n1Cc1ccccc1. The van der Waals surface area contributed by atoms with Crippen LogP contribution in [-0.2, 0) is 6.54 Å². The Hall–Kier alpha value is -2.86. The van der Waals surface area contributed by atoms with Gasteiger partial charge in [-0.25, -0.2) is 0 Å². The van der Waals surface area contributed by atoms with Crippen LogP contribution in [0, 0.1) is 13.8 Å². The van der Waals surface area contributed by atoms with Crippen LogP contribution >= 0.6 is 0 Å². The molecule has 31 heavy (non-hydrogen) atoms. The summed E-state index contributed by atoms with van der Waals surface area (Å²) in [6.07, 6.45) is 4.84. The molecule has 0 radical (unpaired) electrons. The maximum Gasteiger partial charge on any atom is 0.184 e. The van der Waals surface area contributed by atoms with E-state index in [9.17, 15) is 0 Å². The molecule has 4 aromatic rings. The van der Waals surface area contributed by atoms with Gasteiger partial charge in [0.1, 0.15) is 5.82 Å². The lowest BCUT2D eigenvalue weighted by molar-refractivity contribution is 0.221. The molecule has 0 unspecified atom stereocenters. The summed E-state index contributed by atoms with van der Waals surface area (Å²) in [5.74, 6) is 0.928. The Morgan fingerprint density at radius 2 is 1.71 bits per heavy atom. The first kappa shape index (κ1) is 20.1. The Kier molecular flexibility index (Phi) is 5.18.